The number of nitrogens with one attached hydrogen (secondary N) is 1. The van der Waals surface area contributed by atoms with Gasteiger partial charge in [-0.1, -0.05) is 38.5 Å². The maximum atomic E-state index is 6.54. The van der Waals surface area contributed by atoms with Gasteiger partial charge in [-0.05, 0) is 50.6 Å². The fourth-order valence-electron chi connectivity index (χ4n) is 4.17. The van der Waals surface area contributed by atoms with Crippen LogP contribution in [0.4, 0.5) is 0 Å². The van der Waals surface area contributed by atoms with E-state index in [4.69, 9.17) is 4.74 Å². The fourth-order valence-corrected chi connectivity index (χ4v) is 4.17. The number of hydrogen-bond donors (Lipinski definition) is 1. The zero-order valence-corrected chi connectivity index (χ0v) is 14.0. The predicted molar refractivity (Wildman–Crippen MR) is 87.8 cm³/mol. The molecule has 2 heteroatoms. The van der Waals surface area contributed by atoms with Crippen molar-refractivity contribution in [3.8, 4) is 5.75 Å². The Bertz CT molecular complexity index is 522. The first kappa shape index (κ1) is 14.9. The molecule has 2 nitrogen and oxygen atoms in total. The molecule has 2 atom stereocenters. The van der Waals surface area contributed by atoms with Crippen molar-refractivity contribution < 1.29 is 4.74 Å². The Hall–Kier alpha value is -1.02. The Morgan fingerprint density at radius 1 is 1.29 bits per heavy atom. The summed E-state index contributed by atoms with van der Waals surface area (Å²) in [7, 11) is 0. The maximum absolute atomic E-state index is 6.54. The molecule has 1 aliphatic heterocycles. The molecule has 0 bridgehead atoms. The molecule has 3 rings (SSSR count). The van der Waals surface area contributed by atoms with E-state index >= 15 is 0 Å². The second-order valence-electron chi connectivity index (χ2n) is 7.88. The molecule has 1 heterocycles. The Labute approximate surface area is 129 Å². The minimum atomic E-state index is 0.0527. The predicted octanol–water partition coefficient (Wildman–Crippen LogP) is 4.77. The molecule has 21 heavy (non-hydrogen) atoms. The summed E-state index contributed by atoms with van der Waals surface area (Å²) < 4.78 is 6.54. The van der Waals surface area contributed by atoms with Crippen molar-refractivity contribution in [1.29, 1.82) is 0 Å². The highest BCUT2D eigenvalue weighted by molar-refractivity contribution is 5.42. The van der Waals surface area contributed by atoms with Crippen molar-refractivity contribution >= 4 is 0 Å². The van der Waals surface area contributed by atoms with E-state index in [1.54, 1.807) is 0 Å². The van der Waals surface area contributed by atoms with Crippen molar-refractivity contribution in [3.63, 3.8) is 0 Å². The number of hydrogen-bond acceptors (Lipinski definition) is 2. The first-order valence-electron chi connectivity index (χ1n) is 8.46. The highest BCUT2D eigenvalue weighted by Gasteiger charge is 2.49. The molecule has 116 valence electrons. The Balaban J connectivity index is 1.91. The summed E-state index contributed by atoms with van der Waals surface area (Å²) in [4.78, 5) is 0. The largest absolute Gasteiger partial charge is 0.487 e. The lowest BCUT2D eigenvalue weighted by Crippen LogP contribution is -2.43. The van der Waals surface area contributed by atoms with E-state index < -0.39 is 0 Å². The quantitative estimate of drug-likeness (QED) is 0.865. The van der Waals surface area contributed by atoms with Gasteiger partial charge < -0.3 is 10.1 Å². The molecular weight excluding hydrogens is 258 g/mol. The second kappa shape index (κ2) is 5.31. The van der Waals surface area contributed by atoms with Crippen LogP contribution < -0.4 is 10.1 Å². The van der Waals surface area contributed by atoms with Crippen LogP contribution in [0.2, 0.25) is 0 Å². The normalized spacial score (nSPS) is 30.2. The molecule has 1 aromatic carbocycles. The number of ether oxygens (including phenoxy) is 1. The molecule has 1 spiro atoms. The molecule has 1 N–H and O–H groups in total. The summed E-state index contributed by atoms with van der Waals surface area (Å²) in [6.07, 6.45) is 5.94. The summed E-state index contributed by atoms with van der Waals surface area (Å²) in [6.45, 7) is 10.2. The van der Waals surface area contributed by atoms with Crippen molar-refractivity contribution in [3.05, 3.63) is 29.3 Å². The van der Waals surface area contributed by atoms with Gasteiger partial charge in [0.25, 0.3) is 0 Å². The molecule has 1 aliphatic carbocycles. The van der Waals surface area contributed by atoms with Crippen LogP contribution in [0, 0.1) is 12.3 Å². The van der Waals surface area contributed by atoms with E-state index in [9.17, 15) is 0 Å². The van der Waals surface area contributed by atoms with Crippen molar-refractivity contribution in [1.82, 2.24) is 5.32 Å². The lowest BCUT2D eigenvalue weighted by Gasteiger charge is -2.41. The van der Waals surface area contributed by atoms with E-state index in [1.807, 2.05) is 0 Å². The highest BCUT2D eigenvalue weighted by Crippen LogP contribution is 2.53. The number of aryl methyl sites for hydroxylation is 1. The van der Waals surface area contributed by atoms with Gasteiger partial charge in [-0.25, -0.2) is 0 Å². The van der Waals surface area contributed by atoms with Gasteiger partial charge in [-0.2, -0.15) is 0 Å². The Kier molecular flexibility index (Phi) is 3.77. The third kappa shape index (κ3) is 2.96. The molecule has 0 saturated heterocycles. The van der Waals surface area contributed by atoms with Gasteiger partial charge in [-0.3, -0.25) is 0 Å². The number of fused-ring (bicyclic) bond motifs is 1. The average molecular weight is 287 g/mol. The van der Waals surface area contributed by atoms with E-state index in [0.29, 0.717) is 11.5 Å². The summed E-state index contributed by atoms with van der Waals surface area (Å²) in [5.74, 6) is 1.11. The Morgan fingerprint density at radius 2 is 2.10 bits per heavy atom. The zero-order valence-electron chi connectivity index (χ0n) is 14.0. The molecule has 0 aromatic heterocycles. The van der Waals surface area contributed by atoms with Crippen LogP contribution in [0.15, 0.2) is 18.2 Å². The lowest BCUT2D eigenvalue weighted by atomic mass is 9.82. The van der Waals surface area contributed by atoms with Gasteiger partial charge >= 0.3 is 0 Å². The first-order valence-corrected chi connectivity index (χ1v) is 8.46. The lowest BCUT2D eigenvalue weighted by molar-refractivity contribution is 0.0277. The number of benzene rings is 1. The van der Waals surface area contributed by atoms with Crippen molar-refractivity contribution in [2.75, 3.05) is 6.54 Å². The van der Waals surface area contributed by atoms with Crippen LogP contribution in [0.1, 0.15) is 70.0 Å². The van der Waals surface area contributed by atoms with Crippen LogP contribution in [0.3, 0.4) is 0 Å². The SMILES string of the molecule is CCCNC1CC2(CCC(C)(C)C2)Oc2ccc(C)cc21. The molecule has 1 saturated carbocycles. The summed E-state index contributed by atoms with van der Waals surface area (Å²) in [5.41, 5.74) is 3.15. The minimum Gasteiger partial charge on any atom is -0.487 e. The smallest absolute Gasteiger partial charge is 0.124 e. The standard InChI is InChI=1S/C19H29NO/c1-5-10-20-16-12-19(9-8-18(3,4)13-19)21-17-7-6-14(2)11-15(16)17/h6-7,11,16,20H,5,8-10,12-13H2,1-4H3. The minimum absolute atomic E-state index is 0.0527. The van der Waals surface area contributed by atoms with Crippen LogP contribution in [-0.4, -0.2) is 12.1 Å². The maximum Gasteiger partial charge on any atom is 0.124 e. The highest BCUT2D eigenvalue weighted by atomic mass is 16.5. The van der Waals surface area contributed by atoms with E-state index in [0.717, 1.165) is 18.7 Å². The van der Waals surface area contributed by atoms with Gasteiger partial charge in [0.1, 0.15) is 11.4 Å². The summed E-state index contributed by atoms with van der Waals surface area (Å²) in [6, 6.07) is 7.10. The molecule has 1 aromatic rings. The molecule has 0 amide bonds. The monoisotopic (exact) mass is 287 g/mol. The topological polar surface area (TPSA) is 21.3 Å². The van der Waals surface area contributed by atoms with E-state index in [1.165, 1.54) is 36.8 Å². The van der Waals surface area contributed by atoms with Gasteiger partial charge in [0, 0.05) is 18.0 Å². The molecule has 2 unspecified atom stereocenters. The summed E-state index contributed by atoms with van der Waals surface area (Å²) >= 11 is 0. The third-order valence-electron chi connectivity index (χ3n) is 5.14. The molecular formula is C19H29NO. The zero-order chi connectivity index (χ0) is 15.1. The van der Waals surface area contributed by atoms with Gasteiger partial charge in [-0.15, -0.1) is 0 Å². The average Bonchev–Trinajstić information content (AvgIpc) is 2.72. The first-order chi connectivity index (χ1) is 9.93. The van der Waals surface area contributed by atoms with Gasteiger partial charge in [0.05, 0.1) is 0 Å². The molecule has 0 radical (unpaired) electrons. The summed E-state index contributed by atoms with van der Waals surface area (Å²) in [5, 5.41) is 3.75. The van der Waals surface area contributed by atoms with E-state index in [-0.39, 0.29) is 5.60 Å². The third-order valence-corrected chi connectivity index (χ3v) is 5.14. The molecule has 1 fully saturated rings. The van der Waals surface area contributed by atoms with Crippen molar-refractivity contribution in [2.45, 2.75) is 71.4 Å². The molecule has 2 aliphatic rings. The number of rotatable bonds is 3. The fraction of sp³-hybridized carbons (Fsp3) is 0.684. The van der Waals surface area contributed by atoms with Crippen molar-refractivity contribution in [2.24, 2.45) is 5.41 Å². The van der Waals surface area contributed by atoms with Gasteiger partial charge in [0.2, 0.25) is 0 Å². The van der Waals surface area contributed by atoms with Crippen LogP contribution in [0.25, 0.3) is 0 Å². The van der Waals surface area contributed by atoms with Crippen LogP contribution >= 0.6 is 0 Å². The van der Waals surface area contributed by atoms with Crippen LogP contribution in [0.5, 0.6) is 5.75 Å². The van der Waals surface area contributed by atoms with Gasteiger partial charge in [0.15, 0.2) is 0 Å². The van der Waals surface area contributed by atoms with E-state index in [2.05, 4.69) is 51.2 Å². The Morgan fingerprint density at radius 3 is 2.76 bits per heavy atom. The van der Waals surface area contributed by atoms with Crippen LogP contribution in [-0.2, 0) is 0 Å². The second-order valence-corrected chi connectivity index (χ2v) is 7.88.